The Morgan fingerprint density at radius 1 is 1.08 bits per heavy atom. The summed E-state index contributed by atoms with van der Waals surface area (Å²) in [6, 6.07) is 11.5. The second-order valence-corrected chi connectivity index (χ2v) is 11.4. The summed E-state index contributed by atoms with van der Waals surface area (Å²) in [5.74, 6) is 0.590. The average Bonchev–Trinajstić information content (AvgIpc) is 3.54. The Labute approximate surface area is 235 Å². The fraction of sp³-hybridized carbons (Fsp3) is 0.286. The molecule has 7 nitrogen and oxygen atoms in total. The van der Waals surface area contributed by atoms with Gasteiger partial charge in [-0.3, -0.25) is 9.80 Å². The van der Waals surface area contributed by atoms with E-state index >= 15 is 0 Å². The van der Waals surface area contributed by atoms with Crippen LogP contribution in [0.15, 0.2) is 60.4 Å². The van der Waals surface area contributed by atoms with Crippen molar-refractivity contribution >= 4 is 62.5 Å². The third kappa shape index (κ3) is 4.89. The number of halogens is 2. The number of hydrogen-bond donors (Lipinski definition) is 1. The average molecular weight is 566 g/mol. The molecule has 1 fully saturated rings. The Bertz CT molecular complexity index is 1500. The predicted octanol–water partition coefficient (Wildman–Crippen LogP) is 6.17. The molecule has 2 aromatic carbocycles. The maximum atomic E-state index is 13.4. The molecular weight excluding hydrogens is 539 g/mol. The first-order valence-corrected chi connectivity index (χ1v) is 14.2. The first-order chi connectivity index (χ1) is 18.5. The fourth-order valence-corrected chi connectivity index (χ4v) is 6.50. The molecule has 10 heteroatoms. The van der Waals surface area contributed by atoms with Gasteiger partial charge in [-0.05, 0) is 61.8 Å². The lowest BCUT2D eigenvalue weighted by atomic mass is 9.74. The molecule has 0 atom stereocenters. The van der Waals surface area contributed by atoms with Crippen LogP contribution in [-0.4, -0.2) is 52.1 Å². The summed E-state index contributed by atoms with van der Waals surface area (Å²) in [5, 5.41) is 4.14. The van der Waals surface area contributed by atoms with E-state index in [2.05, 4.69) is 44.5 Å². The highest BCUT2D eigenvalue weighted by Gasteiger charge is 2.47. The van der Waals surface area contributed by atoms with Gasteiger partial charge in [-0.1, -0.05) is 41.4 Å². The lowest BCUT2D eigenvalue weighted by molar-refractivity contribution is 0.180. The topological polar surface area (TPSA) is 74.2 Å². The highest BCUT2D eigenvalue weighted by Crippen LogP contribution is 2.50. The van der Waals surface area contributed by atoms with Crippen molar-refractivity contribution in [1.82, 2.24) is 25.2 Å². The van der Waals surface area contributed by atoms with Crippen LogP contribution in [0.2, 0.25) is 10.0 Å². The maximum Gasteiger partial charge on any atom is 0.322 e. The van der Waals surface area contributed by atoms with Crippen molar-refractivity contribution in [3.05, 3.63) is 87.4 Å². The molecule has 1 spiro atoms. The minimum absolute atomic E-state index is 0.118. The number of likely N-dealkylation sites (tertiary alicyclic amines) is 1. The van der Waals surface area contributed by atoms with Crippen LogP contribution in [0.3, 0.4) is 0 Å². The quantitative estimate of drug-likeness (QED) is 0.313. The van der Waals surface area contributed by atoms with E-state index in [1.54, 1.807) is 29.8 Å². The summed E-state index contributed by atoms with van der Waals surface area (Å²) >= 11 is 13.8. The molecule has 38 heavy (non-hydrogen) atoms. The van der Waals surface area contributed by atoms with Crippen molar-refractivity contribution in [3.8, 4) is 0 Å². The second kappa shape index (κ2) is 10.6. The molecule has 2 aliphatic rings. The molecule has 0 radical (unpaired) electrons. The number of thiazole rings is 1. The maximum absolute atomic E-state index is 13.4. The van der Waals surface area contributed by atoms with Crippen LogP contribution in [-0.2, 0) is 12.0 Å². The Morgan fingerprint density at radius 2 is 1.89 bits per heavy atom. The van der Waals surface area contributed by atoms with Gasteiger partial charge < -0.3 is 5.32 Å². The summed E-state index contributed by atoms with van der Waals surface area (Å²) in [4.78, 5) is 30.9. The summed E-state index contributed by atoms with van der Waals surface area (Å²) in [6.07, 6.45) is 9.54. The van der Waals surface area contributed by atoms with Crippen molar-refractivity contribution in [3.63, 3.8) is 0 Å². The molecule has 0 aliphatic carbocycles. The van der Waals surface area contributed by atoms with E-state index in [0.717, 1.165) is 53.9 Å². The number of piperidine rings is 1. The van der Waals surface area contributed by atoms with Gasteiger partial charge in [0.15, 0.2) is 0 Å². The van der Waals surface area contributed by atoms with E-state index < -0.39 is 0 Å². The van der Waals surface area contributed by atoms with Gasteiger partial charge in [0.25, 0.3) is 0 Å². The van der Waals surface area contributed by atoms with Crippen LogP contribution in [0.5, 0.6) is 0 Å². The number of rotatable bonds is 5. The van der Waals surface area contributed by atoms with E-state index in [-0.39, 0.29) is 18.0 Å². The van der Waals surface area contributed by atoms with Gasteiger partial charge in [0.1, 0.15) is 5.82 Å². The first-order valence-electron chi connectivity index (χ1n) is 12.5. The molecule has 0 unspecified atom stereocenters. The van der Waals surface area contributed by atoms with Gasteiger partial charge in [-0.2, -0.15) is 0 Å². The number of carbonyl (C=O) groups is 1. The van der Waals surface area contributed by atoms with Gasteiger partial charge in [0.2, 0.25) is 0 Å². The van der Waals surface area contributed by atoms with Crippen LogP contribution >= 0.6 is 34.5 Å². The highest BCUT2D eigenvalue weighted by molar-refractivity contribution is 7.16. The van der Waals surface area contributed by atoms with E-state index in [1.807, 2.05) is 28.6 Å². The molecule has 2 aromatic heterocycles. The van der Waals surface area contributed by atoms with Crippen molar-refractivity contribution < 1.29 is 4.79 Å². The van der Waals surface area contributed by atoms with E-state index in [1.165, 1.54) is 5.56 Å². The lowest BCUT2D eigenvalue weighted by Gasteiger charge is -2.39. The minimum atomic E-state index is -0.128. The zero-order chi connectivity index (χ0) is 26.1. The number of nitrogens with one attached hydrogen (secondary N) is 1. The molecule has 1 N–H and O–H groups in total. The second-order valence-electron chi connectivity index (χ2n) is 9.73. The normalized spacial score (nSPS) is 16.9. The highest BCUT2D eigenvalue weighted by atomic mass is 35.5. The zero-order valence-corrected chi connectivity index (χ0v) is 22.9. The number of nitrogens with zero attached hydrogens (tertiary/aromatic N) is 5. The molecule has 194 valence electrons. The van der Waals surface area contributed by atoms with Crippen LogP contribution in [0, 0.1) is 0 Å². The standard InChI is InChI=1S/C28H26Cl2N6OS/c29-20-5-4-19(15-21(20)30)3-1-12-35-13-8-28(9-14-35)17-36(27(37)33-16-24-31-10-2-11-32-24)22-6-7-23-26(25(22)28)34-18-38-23/h1-7,10-11,15,18H,8-9,12-14,16-17H2,(H,33,37). The van der Waals surface area contributed by atoms with Crippen molar-refractivity contribution in [2.45, 2.75) is 24.8 Å². The summed E-state index contributed by atoms with van der Waals surface area (Å²) in [5.41, 5.74) is 6.02. The molecule has 6 rings (SSSR count). The minimum Gasteiger partial charge on any atom is -0.330 e. The summed E-state index contributed by atoms with van der Waals surface area (Å²) in [6.45, 7) is 3.67. The van der Waals surface area contributed by atoms with Crippen LogP contribution < -0.4 is 10.2 Å². The molecule has 4 aromatic rings. The van der Waals surface area contributed by atoms with Crippen molar-refractivity contribution in [2.24, 2.45) is 0 Å². The monoisotopic (exact) mass is 564 g/mol. The molecule has 0 saturated carbocycles. The third-order valence-electron chi connectivity index (χ3n) is 7.46. The summed E-state index contributed by atoms with van der Waals surface area (Å²) < 4.78 is 1.16. The first kappa shape index (κ1) is 25.2. The van der Waals surface area contributed by atoms with Crippen LogP contribution in [0.25, 0.3) is 16.3 Å². The number of carbonyl (C=O) groups excluding carboxylic acids is 1. The number of aromatic nitrogens is 3. The smallest absolute Gasteiger partial charge is 0.322 e. The number of benzene rings is 2. The van der Waals surface area contributed by atoms with Gasteiger partial charge in [-0.25, -0.2) is 19.7 Å². The van der Waals surface area contributed by atoms with Gasteiger partial charge in [-0.15, -0.1) is 11.3 Å². The van der Waals surface area contributed by atoms with E-state index in [4.69, 9.17) is 28.2 Å². The Hall–Kier alpha value is -3.04. The molecule has 2 amide bonds. The number of anilines is 1. The number of urea groups is 1. The number of amides is 2. The third-order valence-corrected chi connectivity index (χ3v) is 8.99. The van der Waals surface area contributed by atoms with E-state index in [0.29, 0.717) is 22.4 Å². The zero-order valence-electron chi connectivity index (χ0n) is 20.6. The number of fused-ring (bicyclic) bond motifs is 4. The van der Waals surface area contributed by atoms with Gasteiger partial charge in [0.05, 0.1) is 38.0 Å². The lowest BCUT2D eigenvalue weighted by Crippen LogP contribution is -2.47. The molecule has 1 saturated heterocycles. The molecular formula is C28H26Cl2N6OS. The SMILES string of the molecule is O=C(NCc1ncccn1)N1CC2(CCN(CC=Cc3ccc(Cl)c(Cl)c3)CC2)c2c1ccc1scnc21. The predicted molar refractivity (Wildman–Crippen MR) is 154 cm³/mol. The van der Waals surface area contributed by atoms with Crippen molar-refractivity contribution in [2.75, 3.05) is 31.1 Å². The Morgan fingerprint density at radius 3 is 2.68 bits per heavy atom. The number of hydrogen-bond acceptors (Lipinski definition) is 6. The molecule has 0 bridgehead atoms. The molecule has 4 heterocycles. The van der Waals surface area contributed by atoms with Crippen LogP contribution in [0.1, 0.15) is 29.8 Å². The Balaban J connectivity index is 1.18. The Kier molecular flexibility index (Phi) is 7.05. The fourth-order valence-electron chi connectivity index (χ4n) is 5.51. The van der Waals surface area contributed by atoms with Gasteiger partial charge >= 0.3 is 6.03 Å². The summed E-state index contributed by atoms with van der Waals surface area (Å²) in [7, 11) is 0. The largest absolute Gasteiger partial charge is 0.330 e. The van der Waals surface area contributed by atoms with E-state index in [9.17, 15) is 4.79 Å². The van der Waals surface area contributed by atoms with Gasteiger partial charge in [0, 0.05) is 36.5 Å². The van der Waals surface area contributed by atoms with Crippen LogP contribution in [0.4, 0.5) is 10.5 Å². The van der Waals surface area contributed by atoms with Crippen molar-refractivity contribution in [1.29, 1.82) is 0 Å². The molecule has 2 aliphatic heterocycles.